The minimum Gasteiger partial charge on any atom is -0.464 e. The molecule has 0 aromatic heterocycles. The largest absolute Gasteiger partial charge is 0.464 e. The van der Waals surface area contributed by atoms with Gasteiger partial charge in [0.05, 0.1) is 6.61 Å². The third kappa shape index (κ3) is 1.43. The lowest BCUT2D eigenvalue weighted by atomic mass is 9.91. The summed E-state index contributed by atoms with van der Waals surface area (Å²) in [5.74, 6) is 0.297. The summed E-state index contributed by atoms with van der Waals surface area (Å²) in [6, 6.07) is 0. The van der Waals surface area contributed by atoms with Crippen LogP contribution in [0.1, 0.15) is 33.1 Å². The van der Waals surface area contributed by atoms with E-state index in [9.17, 15) is 9.59 Å². The van der Waals surface area contributed by atoms with E-state index in [0.717, 1.165) is 6.42 Å². The van der Waals surface area contributed by atoms with E-state index >= 15 is 0 Å². The van der Waals surface area contributed by atoms with Crippen molar-refractivity contribution in [1.82, 2.24) is 4.90 Å². The molecule has 2 aliphatic rings. The lowest BCUT2D eigenvalue weighted by Gasteiger charge is -2.29. The zero-order valence-electron chi connectivity index (χ0n) is 9.28. The molecular weight excluding hydrogens is 194 g/mol. The number of nitrogens with zero attached hydrogens (tertiary/aromatic N) is 1. The van der Waals surface area contributed by atoms with E-state index in [4.69, 9.17) is 4.74 Å². The van der Waals surface area contributed by atoms with Gasteiger partial charge in [-0.3, -0.25) is 4.79 Å². The summed E-state index contributed by atoms with van der Waals surface area (Å²) in [6.07, 6.45) is 1.89. The average molecular weight is 211 g/mol. The summed E-state index contributed by atoms with van der Waals surface area (Å²) >= 11 is 0. The van der Waals surface area contributed by atoms with Crippen molar-refractivity contribution in [3.8, 4) is 0 Å². The molecule has 4 heteroatoms. The number of carbonyl (C=O) groups excluding carboxylic acids is 2. The fraction of sp³-hybridized carbons (Fsp3) is 0.818. The molecule has 0 saturated carbocycles. The van der Waals surface area contributed by atoms with Crippen molar-refractivity contribution in [1.29, 1.82) is 0 Å². The second-order valence-corrected chi connectivity index (χ2v) is 4.57. The molecular formula is C11H17NO3. The molecule has 2 aliphatic heterocycles. The Hall–Kier alpha value is -1.06. The summed E-state index contributed by atoms with van der Waals surface area (Å²) < 4.78 is 5.09. The van der Waals surface area contributed by atoms with E-state index in [2.05, 4.69) is 6.92 Å². The van der Waals surface area contributed by atoms with Gasteiger partial charge in [-0.25, -0.2) is 4.79 Å². The molecule has 2 atom stereocenters. The Balaban J connectivity index is 2.24. The highest BCUT2D eigenvalue weighted by atomic mass is 16.5. The fourth-order valence-electron chi connectivity index (χ4n) is 2.82. The Morgan fingerprint density at radius 3 is 3.07 bits per heavy atom. The summed E-state index contributed by atoms with van der Waals surface area (Å²) in [5.41, 5.74) is -0.619. The Kier molecular flexibility index (Phi) is 2.44. The van der Waals surface area contributed by atoms with Crippen LogP contribution in [0.15, 0.2) is 0 Å². The molecule has 0 spiro atoms. The van der Waals surface area contributed by atoms with Gasteiger partial charge in [-0.15, -0.1) is 0 Å². The Morgan fingerprint density at radius 2 is 2.40 bits per heavy atom. The van der Waals surface area contributed by atoms with Gasteiger partial charge in [0, 0.05) is 13.0 Å². The molecule has 0 aliphatic carbocycles. The standard InChI is InChI=1S/C11H17NO3/c1-3-15-10(14)11-5-4-9(13)12(11)7-8(2)6-11/h8H,3-7H2,1-2H3/t8?,11-/m0/s1. The minimum absolute atomic E-state index is 0.104. The van der Waals surface area contributed by atoms with Crippen LogP contribution >= 0.6 is 0 Å². The van der Waals surface area contributed by atoms with Crippen molar-refractivity contribution in [2.24, 2.45) is 5.92 Å². The summed E-state index contributed by atoms with van der Waals surface area (Å²) in [7, 11) is 0. The molecule has 4 nitrogen and oxygen atoms in total. The van der Waals surface area contributed by atoms with Crippen LogP contribution in [0.4, 0.5) is 0 Å². The first kappa shape index (κ1) is 10.5. The smallest absolute Gasteiger partial charge is 0.332 e. The van der Waals surface area contributed by atoms with Crippen LogP contribution in [0.25, 0.3) is 0 Å². The zero-order chi connectivity index (χ0) is 11.1. The topological polar surface area (TPSA) is 46.6 Å². The molecule has 0 N–H and O–H groups in total. The van der Waals surface area contributed by atoms with Gasteiger partial charge in [0.15, 0.2) is 0 Å². The van der Waals surface area contributed by atoms with E-state index in [-0.39, 0.29) is 11.9 Å². The molecule has 1 unspecified atom stereocenters. The van der Waals surface area contributed by atoms with Crippen LogP contribution in [-0.4, -0.2) is 35.5 Å². The van der Waals surface area contributed by atoms with Gasteiger partial charge in [-0.2, -0.15) is 0 Å². The van der Waals surface area contributed by atoms with E-state index < -0.39 is 5.54 Å². The van der Waals surface area contributed by atoms with Crippen LogP contribution in [0.5, 0.6) is 0 Å². The van der Waals surface area contributed by atoms with Gasteiger partial charge in [0.25, 0.3) is 0 Å². The molecule has 0 radical (unpaired) electrons. The van der Waals surface area contributed by atoms with Crippen molar-refractivity contribution in [3.05, 3.63) is 0 Å². The lowest BCUT2D eigenvalue weighted by Crippen LogP contribution is -2.48. The first-order chi connectivity index (χ1) is 7.10. The first-order valence-corrected chi connectivity index (χ1v) is 5.58. The number of hydrogen-bond donors (Lipinski definition) is 0. The average Bonchev–Trinajstić information content (AvgIpc) is 2.66. The van der Waals surface area contributed by atoms with Crippen LogP contribution in [0.3, 0.4) is 0 Å². The molecule has 2 heterocycles. The Morgan fingerprint density at radius 1 is 1.67 bits per heavy atom. The predicted octanol–water partition coefficient (Wildman–Crippen LogP) is 0.950. The van der Waals surface area contributed by atoms with Gasteiger partial charge < -0.3 is 9.64 Å². The number of rotatable bonds is 2. The Labute approximate surface area is 89.6 Å². The highest BCUT2D eigenvalue weighted by Gasteiger charge is 2.56. The molecule has 0 aromatic carbocycles. The molecule has 0 aromatic rings. The molecule has 15 heavy (non-hydrogen) atoms. The zero-order valence-corrected chi connectivity index (χ0v) is 9.28. The molecule has 1 amide bonds. The second kappa shape index (κ2) is 3.51. The van der Waals surface area contributed by atoms with Gasteiger partial charge in [0.2, 0.25) is 5.91 Å². The van der Waals surface area contributed by atoms with E-state index in [1.54, 1.807) is 11.8 Å². The van der Waals surface area contributed by atoms with Crippen molar-refractivity contribution >= 4 is 11.9 Å². The maximum absolute atomic E-state index is 11.9. The number of carbonyl (C=O) groups is 2. The van der Waals surface area contributed by atoms with Gasteiger partial charge in [0.1, 0.15) is 5.54 Å². The quantitative estimate of drug-likeness (QED) is 0.639. The number of amides is 1. The fourth-order valence-corrected chi connectivity index (χ4v) is 2.82. The van der Waals surface area contributed by atoms with Gasteiger partial charge in [-0.05, 0) is 25.7 Å². The highest BCUT2D eigenvalue weighted by molar-refractivity contribution is 5.92. The maximum Gasteiger partial charge on any atom is 0.332 e. The molecule has 2 rings (SSSR count). The molecule has 0 bridgehead atoms. The van der Waals surface area contributed by atoms with Crippen molar-refractivity contribution in [2.75, 3.05) is 13.2 Å². The first-order valence-electron chi connectivity index (χ1n) is 5.58. The highest BCUT2D eigenvalue weighted by Crippen LogP contribution is 2.42. The van der Waals surface area contributed by atoms with Crippen molar-refractivity contribution < 1.29 is 14.3 Å². The Bertz CT molecular complexity index is 302. The third-order valence-electron chi connectivity index (χ3n) is 3.41. The van der Waals surface area contributed by atoms with Crippen LogP contribution < -0.4 is 0 Å². The molecule has 2 saturated heterocycles. The third-order valence-corrected chi connectivity index (χ3v) is 3.41. The van der Waals surface area contributed by atoms with E-state index in [0.29, 0.717) is 31.9 Å². The molecule has 2 fully saturated rings. The lowest BCUT2D eigenvalue weighted by molar-refractivity contribution is -0.157. The number of esters is 1. The van der Waals surface area contributed by atoms with Gasteiger partial charge in [-0.1, -0.05) is 6.92 Å². The summed E-state index contributed by atoms with van der Waals surface area (Å²) in [4.78, 5) is 25.3. The second-order valence-electron chi connectivity index (χ2n) is 4.57. The van der Waals surface area contributed by atoms with Crippen LogP contribution in [-0.2, 0) is 14.3 Å². The van der Waals surface area contributed by atoms with Crippen LogP contribution in [0.2, 0.25) is 0 Å². The normalized spacial score (nSPS) is 34.4. The summed E-state index contributed by atoms with van der Waals surface area (Å²) in [5, 5.41) is 0. The van der Waals surface area contributed by atoms with Crippen molar-refractivity contribution in [3.63, 3.8) is 0 Å². The van der Waals surface area contributed by atoms with E-state index in [1.165, 1.54) is 0 Å². The minimum atomic E-state index is -0.619. The van der Waals surface area contributed by atoms with Gasteiger partial charge >= 0.3 is 5.97 Å². The number of hydrogen-bond acceptors (Lipinski definition) is 3. The monoisotopic (exact) mass is 211 g/mol. The maximum atomic E-state index is 11.9. The predicted molar refractivity (Wildman–Crippen MR) is 54.1 cm³/mol. The van der Waals surface area contributed by atoms with E-state index in [1.807, 2.05) is 0 Å². The van der Waals surface area contributed by atoms with Crippen molar-refractivity contribution in [2.45, 2.75) is 38.6 Å². The SMILES string of the molecule is CCOC(=O)[C@@]12CCC(=O)N1CC(C)C2. The van der Waals surface area contributed by atoms with Crippen LogP contribution in [0, 0.1) is 5.92 Å². The molecule has 84 valence electrons. The number of fused-ring (bicyclic) bond motifs is 1. The summed E-state index contributed by atoms with van der Waals surface area (Å²) in [6.45, 7) is 4.97. The number of ether oxygens (including phenoxy) is 1.